The van der Waals surface area contributed by atoms with Gasteiger partial charge in [-0.1, -0.05) is 25.4 Å². The maximum atomic E-state index is 12.1. The van der Waals surface area contributed by atoms with Crippen LogP contribution in [0.15, 0.2) is 18.2 Å². The fraction of sp³-hybridized carbons (Fsp3) is 0.500. The standard InChI is InChI=1S/C12H19ClN2O2S/c1-9(2)6-7-18(16,17)15(3)12-8-10(13)4-5-11(12)14/h4-5,8-9H,6-7,14H2,1-3H3. The zero-order valence-electron chi connectivity index (χ0n) is 10.9. The third-order valence-electron chi connectivity index (χ3n) is 2.70. The molecule has 0 aliphatic rings. The molecule has 0 fully saturated rings. The van der Waals surface area contributed by atoms with E-state index in [-0.39, 0.29) is 5.75 Å². The quantitative estimate of drug-likeness (QED) is 0.848. The van der Waals surface area contributed by atoms with Gasteiger partial charge in [0.05, 0.1) is 17.1 Å². The summed E-state index contributed by atoms with van der Waals surface area (Å²) in [4.78, 5) is 0. The number of hydrogen-bond donors (Lipinski definition) is 1. The molecule has 1 rings (SSSR count). The minimum Gasteiger partial charge on any atom is -0.397 e. The lowest BCUT2D eigenvalue weighted by atomic mass is 10.2. The van der Waals surface area contributed by atoms with E-state index in [1.165, 1.54) is 11.4 Å². The molecule has 0 amide bonds. The first-order valence-corrected chi connectivity index (χ1v) is 7.74. The minimum absolute atomic E-state index is 0.104. The third-order valence-corrected chi connectivity index (χ3v) is 4.72. The van der Waals surface area contributed by atoms with E-state index in [0.29, 0.717) is 28.7 Å². The molecular formula is C12H19ClN2O2S. The molecule has 0 aliphatic heterocycles. The maximum Gasteiger partial charge on any atom is 0.234 e. The van der Waals surface area contributed by atoms with Crippen LogP contribution in [0.1, 0.15) is 20.3 Å². The number of rotatable bonds is 5. The molecule has 6 heteroatoms. The number of hydrogen-bond acceptors (Lipinski definition) is 3. The number of nitrogen functional groups attached to an aromatic ring is 1. The first-order valence-electron chi connectivity index (χ1n) is 5.75. The van der Waals surface area contributed by atoms with E-state index >= 15 is 0 Å². The van der Waals surface area contributed by atoms with Gasteiger partial charge >= 0.3 is 0 Å². The van der Waals surface area contributed by atoms with Crippen LogP contribution in [0.2, 0.25) is 5.02 Å². The average molecular weight is 291 g/mol. The van der Waals surface area contributed by atoms with Crippen molar-refractivity contribution >= 4 is 33.0 Å². The van der Waals surface area contributed by atoms with Crippen LogP contribution in [-0.2, 0) is 10.0 Å². The lowest BCUT2D eigenvalue weighted by Gasteiger charge is -2.21. The maximum absolute atomic E-state index is 12.1. The van der Waals surface area contributed by atoms with Crippen LogP contribution < -0.4 is 10.0 Å². The Morgan fingerprint density at radius 1 is 1.39 bits per heavy atom. The van der Waals surface area contributed by atoms with E-state index in [1.807, 2.05) is 13.8 Å². The molecule has 0 unspecified atom stereocenters. The zero-order chi connectivity index (χ0) is 13.9. The number of nitrogens with two attached hydrogens (primary N) is 1. The van der Waals surface area contributed by atoms with Crippen LogP contribution in [0, 0.1) is 5.92 Å². The normalized spacial score (nSPS) is 11.8. The van der Waals surface area contributed by atoms with Crippen LogP contribution >= 0.6 is 11.6 Å². The number of sulfonamides is 1. The van der Waals surface area contributed by atoms with Crippen LogP contribution in [-0.4, -0.2) is 21.2 Å². The first kappa shape index (κ1) is 15.1. The van der Waals surface area contributed by atoms with Crippen molar-refractivity contribution in [3.8, 4) is 0 Å². The predicted molar refractivity (Wildman–Crippen MR) is 77.5 cm³/mol. The minimum atomic E-state index is -3.35. The monoisotopic (exact) mass is 290 g/mol. The van der Waals surface area contributed by atoms with Crippen molar-refractivity contribution < 1.29 is 8.42 Å². The highest BCUT2D eigenvalue weighted by atomic mass is 35.5. The molecule has 0 saturated carbocycles. The zero-order valence-corrected chi connectivity index (χ0v) is 12.4. The molecule has 0 aliphatic carbocycles. The Hall–Kier alpha value is -0.940. The fourth-order valence-corrected chi connectivity index (χ4v) is 3.13. The van der Waals surface area contributed by atoms with Crippen LogP contribution in [0.4, 0.5) is 11.4 Å². The van der Waals surface area contributed by atoms with Crippen molar-refractivity contribution in [3.05, 3.63) is 23.2 Å². The molecule has 0 aromatic heterocycles. The first-order chi connectivity index (χ1) is 8.24. The van der Waals surface area contributed by atoms with Gasteiger partial charge in [-0.05, 0) is 30.5 Å². The van der Waals surface area contributed by atoms with E-state index < -0.39 is 10.0 Å². The molecule has 0 spiro atoms. The largest absolute Gasteiger partial charge is 0.397 e. The van der Waals surface area contributed by atoms with Gasteiger partial charge < -0.3 is 5.73 Å². The summed E-state index contributed by atoms with van der Waals surface area (Å²) in [5, 5.41) is 0.463. The summed E-state index contributed by atoms with van der Waals surface area (Å²) in [5.41, 5.74) is 6.60. The summed E-state index contributed by atoms with van der Waals surface area (Å²) < 4.78 is 25.5. The number of halogens is 1. The van der Waals surface area contributed by atoms with Crippen molar-refractivity contribution in [2.45, 2.75) is 20.3 Å². The van der Waals surface area contributed by atoms with Gasteiger partial charge in [0.2, 0.25) is 10.0 Å². The van der Waals surface area contributed by atoms with Gasteiger partial charge in [-0.15, -0.1) is 0 Å². The van der Waals surface area contributed by atoms with Gasteiger partial charge in [-0.25, -0.2) is 8.42 Å². The summed E-state index contributed by atoms with van der Waals surface area (Å²) in [6, 6.07) is 4.80. The second kappa shape index (κ2) is 5.80. The van der Waals surface area contributed by atoms with Crippen molar-refractivity contribution in [1.29, 1.82) is 0 Å². The summed E-state index contributed by atoms with van der Waals surface area (Å²) in [5.74, 6) is 0.442. The lowest BCUT2D eigenvalue weighted by Crippen LogP contribution is -2.30. The predicted octanol–water partition coefficient (Wildman–Crippen LogP) is 2.73. The number of benzene rings is 1. The summed E-state index contributed by atoms with van der Waals surface area (Å²) in [6.07, 6.45) is 0.618. The van der Waals surface area contributed by atoms with Crippen LogP contribution in [0.5, 0.6) is 0 Å². The molecule has 102 valence electrons. The van der Waals surface area contributed by atoms with Gasteiger partial charge in [-0.3, -0.25) is 4.31 Å². The van der Waals surface area contributed by atoms with Crippen molar-refractivity contribution in [2.24, 2.45) is 5.92 Å². The van der Waals surface area contributed by atoms with Gasteiger partial charge in [-0.2, -0.15) is 0 Å². The highest BCUT2D eigenvalue weighted by Crippen LogP contribution is 2.28. The van der Waals surface area contributed by atoms with Gasteiger partial charge in [0.1, 0.15) is 0 Å². The molecule has 0 atom stereocenters. The molecule has 18 heavy (non-hydrogen) atoms. The van der Waals surface area contributed by atoms with Crippen LogP contribution in [0.25, 0.3) is 0 Å². The molecule has 0 radical (unpaired) electrons. The molecule has 0 heterocycles. The Kier molecular flexibility index (Phi) is 4.87. The number of nitrogens with zero attached hydrogens (tertiary/aromatic N) is 1. The second-order valence-electron chi connectivity index (χ2n) is 4.67. The topological polar surface area (TPSA) is 63.4 Å². The van der Waals surface area contributed by atoms with Gasteiger partial charge in [0.15, 0.2) is 0 Å². The third kappa shape index (κ3) is 3.78. The summed E-state index contributed by atoms with van der Waals surface area (Å²) in [7, 11) is -1.86. The second-order valence-corrected chi connectivity index (χ2v) is 7.23. The SMILES string of the molecule is CC(C)CCS(=O)(=O)N(C)c1cc(Cl)ccc1N. The smallest absolute Gasteiger partial charge is 0.234 e. The molecule has 1 aromatic rings. The van der Waals surface area contributed by atoms with Crippen LogP contribution in [0.3, 0.4) is 0 Å². The fourth-order valence-electron chi connectivity index (χ4n) is 1.46. The Balaban J connectivity index is 2.98. The van der Waals surface area contributed by atoms with E-state index in [0.717, 1.165) is 0 Å². The highest BCUT2D eigenvalue weighted by Gasteiger charge is 2.20. The summed E-state index contributed by atoms with van der Waals surface area (Å²) in [6.45, 7) is 3.98. The Labute approximate surface area is 114 Å². The van der Waals surface area contributed by atoms with Gasteiger partial charge in [0.25, 0.3) is 0 Å². The van der Waals surface area contributed by atoms with Gasteiger partial charge in [0, 0.05) is 12.1 Å². The van der Waals surface area contributed by atoms with E-state index in [1.54, 1.807) is 18.2 Å². The average Bonchev–Trinajstić information content (AvgIpc) is 2.29. The van der Waals surface area contributed by atoms with Crippen molar-refractivity contribution in [2.75, 3.05) is 22.8 Å². The molecule has 4 nitrogen and oxygen atoms in total. The molecule has 2 N–H and O–H groups in total. The van der Waals surface area contributed by atoms with E-state index in [2.05, 4.69) is 0 Å². The molecular weight excluding hydrogens is 272 g/mol. The lowest BCUT2D eigenvalue weighted by molar-refractivity contribution is 0.572. The van der Waals surface area contributed by atoms with Crippen molar-refractivity contribution in [1.82, 2.24) is 0 Å². The van der Waals surface area contributed by atoms with E-state index in [9.17, 15) is 8.42 Å². The Morgan fingerprint density at radius 2 is 2.00 bits per heavy atom. The van der Waals surface area contributed by atoms with E-state index in [4.69, 9.17) is 17.3 Å². The van der Waals surface area contributed by atoms with Crippen molar-refractivity contribution in [3.63, 3.8) is 0 Å². The molecule has 0 saturated heterocycles. The Morgan fingerprint density at radius 3 is 2.56 bits per heavy atom. The number of anilines is 2. The highest BCUT2D eigenvalue weighted by molar-refractivity contribution is 7.92. The summed E-state index contributed by atoms with van der Waals surface area (Å²) >= 11 is 5.86. The molecule has 0 bridgehead atoms. The molecule has 1 aromatic carbocycles. The Bertz CT molecular complexity index is 515.